The van der Waals surface area contributed by atoms with Crippen LogP contribution in [0.4, 0.5) is 0 Å². The molecule has 0 fully saturated rings. The Balaban J connectivity index is 3.10. The molecule has 8 heavy (non-hydrogen) atoms. The van der Waals surface area contributed by atoms with Gasteiger partial charge in [0.25, 0.3) is 0 Å². The zero-order valence-electron chi connectivity index (χ0n) is 5.39. The summed E-state index contributed by atoms with van der Waals surface area (Å²) in [5, 5.41) is 8.82. The van der Waals surface area contributed by atoms with Gasteiger partial charge >= 0.3 is 0 Å². The molecule has 0 bridgehead atoms. The average Bonchev–Trinajstić information content (AvgIpc) is 1.65. The van der Waals surface area contributed by atoms with Crippen LogP contribution in [0.15, 0.2) is 0 Å². The molecule has 0 heterocycles. The maximum atomic E-state index is 8.82. The van der Waals surface area contributed by atoms with Gasteiger partial charge in [0.1, 0.15) is 0 Å². The Bertz CT molecular complexity index is 54.5. The van der Waals surface area contributed by atoms with Crippen molar-refractivity contribution in [3.05, 3.63) is 0 Å². The molecule has 2 heteroatoms. The predicted molar refractivity (Wildman–Crippen MR) is 39.3 cm³/mol. The predicted octanol–water partition coefficient (Wildman–Crippen LogP) is 1.93. The minimum Gasteiger partial charge on any atom is -0.393 e. The molecule has 0 aliphatic rings. The van der Waals surface area contributed by atoms with Gasteiger partial charge in [-0.2, -0.15) is 0 Å². The Kier molecular flexibility index (Phi) is 4.57. The Morgan fingerprint density at radius 2 is 2.12 bits per heavy atom. The van der Waals surface area contributed by atoms with E-state index < -0.39 is 0 Å². The molecule has 0 saturated heterocycles. The number of rotatable bonds is 3. The molecule has 2 atom stereocenters. The number of aliphatic hydroxyl groups excluding tert-OH is 1. The molecule has 0 aliphatic carbocycles. The third-order valence-electron chi connectivity index (χ3n) is 1.04. The first-order valence-electron chi connectivity index (χ1n) is 2.99. The van der Waals surface area contributed by atoms with Crippen LogP contribution in [-0.4, -0.2) is 16.0 Å². The van der Waals surface area contributed by atoms with Gasteiger partial charge in [-0.25, -0.2) is 0 Å². The van der Waals surface area contributed by atoms with Crippen molar-refractivity contribution >= 4 is 15.9 Å². The number of aliphatic hydroxyl groups is 1. The smallest absolute Gasteiger partial charge is 0.0522 e. The van der Waals surface area contributed by atoms with Crippen LogP contribution < -0.4 is 0 Å². The maximum absolute atomic E-state index is 8.82. The van der Waals surface area contributed by atoms with E-state index in [9.17, 15) is 0 Å². The highest BCUT2D eigenvalue weighted by Crippen LogP contribution is 2.10. The van der Waals surface area contributed by atoms with Crippen LogP contribution in [0.2, 0.25) is 0 Å². The van der Waals surface area contributed by atoms with E-state index in [2.05, 4.69) is 22.9 Å². The second-order valence-electron chi connectivity index (χ2n) is 2.09. The maximum Gasteiger partial charge on any atom is 0.0522 e. The summed E-state index contributed by atoms with van der Waals surface area (Å²) in [6.45, 7) is 3.91. The SMILES string of the molecule is CCC(Br)CC(C)O. The lowest BCUT2D eigenvalue weighted by atomic mass is 10.2. The lowest BCUT2D eigenvalue weighted by Gasteiger charge is -2.07. The Morgan fingerprint density at radius 3 is 2.25 bits per heavy atom. The van der Waals surface area contributed by atoms with Crippen molar-refractivity contribution in [2.24, 2.45) is 0 Å². The molecule has 2 unspecified atom stereocenters. The topological polar surface area (TPSA) is 20.2 Å². The lowest BCUT2D eigenvalue weighted by Crippen LogP contribution is -2.07. The van der Waals surface area contributed by atoms with Crippen molar-refractivity contribution in [2.75, 3.05) is 0 Å². The van der Waals surface area contributed by atoms with Crippen molar-refractivity contribution in [3.63, 3.8) is 0 Å². The fourth-order valence-corrected chi connectivity index (χ4v) is 1.08. The van der Waals surface area contributed by atoms with Crippen LogP contribution in [0.5, 0.6) is 0 Å². The standard InChI is InChI=1S/C6H13BrO/c1-3-6(7)4-5(2)8/h5-6,8H,3-4H2,1-2H3. The summed E-state index contributed by atoms with van der Waals surface area (Å²) in [5.74, 6) is 0. The summed E-state index contributed by atoms with van der Waals surface area (Å²) in [4.78, 5) is 0.488. The average molecular weight is 181 g/mol. The van der Waals surface area contributed by atoms with Gasteiger partial charge in [-0.1, -0.05) is 22.9 Å². The summed E-state index contributed by atoms with van der Waals surface area (Å²) < 4.78 is 0. The van der Waals surface area contributed by atoms with E-state index in [1.165, 1.54) is 0 Å². The van der Waals surface area contributed by atoms with Crippen LogP contribution >= 0.6 is 15.9 Å². The number of hydrogen-bond donors (Lipinski definition) is 1. The van der Waals surface area contributed by atoms with Crippen molar-refractivity contribution in [3.8, 4) is 0 Å². The van der Waals surface area contributed by atoms with E-state index in [0.29, 0.717) is 4.83 Å². The largest absolute Gasteiger partial charge is 0.393 e. The first-order chi connectivity index (χ1) is 3.66. The molecule has 0 rings (SSSR count). The third-order valence-corrected chi connectivity index (χ3v) is 2.06. The Morgan fingerprint density at radius 1 is 1.62 bits per heavy atom. The Labute approximate surface area is 59.2 Å². The van der Waals surface area contributed by atoms with Gasteiger partial charge in [0.05, 0.1) is 6.10 Å². The number of halogens is 1. The van der Waals surface area contributed by atoms with E-state index in [1.807, 2.05) is 6.92 Å². The first-order valence-corrected chi connectivity index (χ1v) is 3.90. The molecule has 0 amide bonds. The fourth-order valence-electron chi connectivity index (χ4n) is 0.537. The summed E-state index contributed by atoms with van der Waals surface area (Å²) in [6, 6.07) is 0. The molecule has 0 aliphatic heterocycles. The van der Waals surface area contributed by atoms with E-state index in [1.54, 1.807) is 0 Å². The highest BCUT2D eigenvalue weighted by atomic mass is 79.9. The van der Waals surface area contributed by atoms with Crippen LogP contribution in [0.1, 0.15) is 26.7 Å². The summed E-state index contributed by atoms with van der Waals surface area (Å²) >= 11 is 3.42. The molecule has 0 aromatic heterocycles. The summed E-state index contributed by atoms with van der Waals surface area (Å²) in [5.41, 5.74) is 0. The molecule has 0 radical (unpaired) electrons. The van der Waals surface area contributed by atoms with Crippen molar-refractivity contribution in [1.82, 2.24) is 0 Å². The zero-order chi connectivity index (χ0) is 6.57. The molecule has 0 spiro atoms. The highest BCUT2D eigenvalue weighted by Gasteiger charge is 2.03. The van der Waals surface area contributed by atoms with Crippen LogP contribution in [0.25, 0.3) is 0 Å². The van der Waals surface area contributed by atoms with Gasteiger partial charge in [-0.15, -0.1) is 0 Å². The van der Waals surface area contributed by atoms with Gasteiger partial charge in [-0.05, 0) is 19.8 Å². The number of alkyl halides is 1. The van der Waals surface area contributed by atoms with Gasteiger partial charge in [0.15, 0.2) is 0 Å². The molecule has 50 valence electrons. The monoisotopic (exact) mass is 180 g/mol. The first kappa shape index (κ1) is 8.44. The second kappa shape index (κ2) is 4.33. The minimum atomic E-state index is -0.167. The lowest BCUT2D eigenvalue weighted by molar-refractivity contribution is 0.184. The van der Waals surface area contributed by atoms with Crippen LogP contribution in [0.3, 0.4) is 0 Å². The van der Waals surface area contributed by atoms with Gasteiger partial charge in [0, 0.05) is 4.83 Å². The molecular formula is C6H13BrO. The quantitative estimate of drug-likeness (QED) is 0.659. The van der Waals surface area contributed by atoms with Crippen LogP contribution in [0, 0.1) is 0 Å². The normalized spacial score (nSPS) is 18.0. The van der Waals surface area contributed by atoms with Crippen molar-refractivity contribution in [2.45, 2.75) is 37.6 Å². The van der Waals surface area contributed by atoms with Crippen molar-refractivity contribution in [1.29, 1.82) is 0 Å². The molecule has 0 aromatic rings. The number of hydrogen-bond acceptors (Lipinski definition) is 1. The molecule has 1 N–H and O–H groups in total. The summed E-state index contributed by atoms with van der Waals surface area (Å²) in [7, 11) is 0. The Hall–Kier alpha value is 0.440. The highest BCUT2D eigenvalue weighted by molar-refractivity contribution is 9.09. The van der Waals surface area contributed by atoms with Crippen LogP contribution in [-0.2, 0) is 0 Å². The van der Waals surface area contributed by atoms with E-state index in [4.69, 9.17) is 5.11 Å². The fraction of sp³-hybridized carbons (Fsp3) is 1.00. The van der Waals surface area contributed by atoms with Gasteiger partial charge in [0.2, 0.25) is 0 Å². The molecular weight excluding hydrogens is 168 g/mol. The summed E-state index contributed by atoms with van der Waals surface area (Å²) in [6.07, 6.45) is 1.78. The zero-order valence-corrected chi connectivity index (χ0v) is 6.98. The van der Waals surface area contributed by atoms with E-state index in [-0.39, 0.29) is 6.10 Å². The van der Waals surface area contributed by atoms with Crippen molar-refractivity contribution < 1.29 is 5.11 Å². The van der Waals surface area contributed by atoms with Gasteiger partial charge in [-0.3, -0.25) is 0 Å². The van der Waals surface area contributed by atoms with E-state index in [0.717, 1.165) is 12.8 Å². The molecule has 0 aromatic carbocycles. The molecule has 1 nitrogen and oxygen atoms in total. The molecule has 0 saturated carbocycles. The van der Waals surface area contributed by atoms with E-state index >= 15 is 0 Å². The second-order valence-corrected chi connectivity index (χ2v) is 3.39. The third kappa shape index (κ3) is 4.60. The van der Waals surface area contributed by atoms with Gasteiger partial charge < -0.3 is 5.11 Å². The minimum absolute atomic E-state index is 0.167.